The molecular weight excluding hydrogens is 340 g/mol. The highest BCUT2D eigenvalue weighted by molar-refractivity contribution is 9.10. The Balaban J connectivity index is 2.14. The second kappa shape index (κ2) is 6.43. The summed E-state index contributed by atoms with van der Waals surface area (Å²) in [5, 5.41) is 23.3. The number of nitrogens with zero attached hydrogens (tertiary/aromatic N) is 1. The number of carboxylic acid groups (broad SMARTS) is 1. The molecule has 0 heterocycles. The number of nitrogens with one attached hydrogen (secondary N) is 1. The first-order valence-electron chi connectivity index (χ1n) is 6.82. The van der Waals surface area contributed by atoms with Gasteiger partial charge in [0.1, 0.15) is 0 Å². The summed E-state index contributed by atoms with van der Waals surface area (Å²) in [5.41, 5.74) is 1.42. The van der Waals surface area contributed by atoms with Gasteiger partial charge in [0.25, 0.3) is 5.69 Å². The van der Waals surface area contributed by atoms with Gasteiger partial charge in [-0.1, -0.05) is 6.42 Å². The topological polar surface area (TPSA) is 92.5 Å². The molecule has 2 unspecified atom stereocenters. The van der Waals surface area contributed by atoms with E-state index in [1.807, 2.05) is 0 Å². The van der Waals surface area contributed by atoms with Gasteiger partial charge >= 0.3 is 5.97 Å². The molecule has 0 aromatic heterocycles. The van der Waals surface area contributed by atoms with Crippen LogP contribution in [0, 0.1) is 23.0 Å². The number of benzene rings is 1. The summed E-state index contributed by atoms with van der Waals surface area (Å²) in [6.07, 6.45) is 3.08. The summed E-state index contributed by atoms with van der Waals surface area (Å²) < 4.78 is 0.622. The fourth-order valence-corrected chi connectivity index (χ4v) is 3.19. The predicted octanol–water partition coefficient (Wildman–Crippen LogP) is 3.72. The highest BCUT2D eigenvalue weighted by Crippen LogP contribution is 2.33. The van der Waals surface area contributed by atoms with Crippen molar-refractivity contribution in [3.05, 3.63) is 32.3 Å². The van der Waals surface area contributed by atoms with Crippen molar-refractivity contribution in [2.75, 3.05) is 5.32 Å². The molecule has 1 aliphatic carbocycles. The lowest BCUT2D eigenvalue weighted by molar-refractivity contribution is -0.385. The van der Waals surface area contributed by atoms with Crippen LogP contribution in [0.5, 0.6) is 0 Å². The zero-order chi connectivity index (χ0) is 15.6. The minimum Gasteiger partial charge on any atom is -0.481 e. The van der Waals surface area contributed by atoms with Crippen LogP contribution in [-0.2, 0) is 4.79 Å². The lowest BCUT2D eigenvalue weighted by Gasteiger charge is -2.28. The Labute approximate surface area is 130 Å². The smallest absolute Gasteiger partial charge is 0.306 e. The van der Waals surface area contributed by atoms with Crippen LogP contribution in [0.1, 0.15) is 31.2 Å². The third-order valence-corrected chi connectivity index (χ3v) is 4.52. The van der Waals surface area contributed by atoms with Crippen molar-refractivity contribution in [1.82, 2.24) is 0 Å². The summed E-state index contributed by atoms with van der Waals surface area (Å²) in [5.74, 6) is -1.06. The van der Waals surface area contributed by atoms with E-state index in [1.54, 1.807) is 13.0 Å². The molecule has 2 N–H and O–H groups in total. The van der Waals surface area contributed by atoms with Gasteiger partial charge in [0.2, 0.25) is 0 Å². The maximum absolute atomic E-state index is 11.1. The molecule has 0 bridgehead atoms. The number of carboxylic acids is 1. The van der Waals surface area contributed by atoms with Gasteiger partial charge in [-0.25, -0.2) is 0 Å². The van der Waals surface area contributed by atoms with Crippen molar-refractivity contribution in [2.45, 2.75) is 38.6 Å². The fourth-order valence-electron chi connectivity index (χ4n) is 2.74. The number of halogens is 1. The normalized spacial score (nSPS) is 21.8. The molecule has 6 nitrogen and oxygen atoms in total. The summed E-state index contributed by atoms with van der Waals surface area (Å²) in [7, 11) is 0. The van der Waals surface area contributed by atoms with Crippen LogP contribution < -0.4 is 5.32 Å². The quantitative estimate of drug-likeness (QED) is 0.633. The second-order valence-electron chi connectivity index (χ2n) is 5.42. The molecule has 1 saturated carbocycles. The minimum atomic E-state index is -0.750. The zero-order valence-corrected chi connectivity index (χ0v) is 13.2. The van der Waals surface area contributed by atoms with E-state index < -0.39 is 10.9 Å². The van der Waals surface area contributed by atoms with Crippen LogP contribution in [0.4, 0.5) is 11.4 Å². The summed E-state index contributed by atoms with van der Waals surface area (Å²) in [6.45, 7) is 1.69. The van der Waals surface area contributed by atoms with Crippen LogP contribution in [0.2, 0.25) is 0 Å². The number of aryl methyl sites for hydroxylation is 1. The molecule has 21 heavy (non-hydrogen) atoms. The molecule has 7 heteroatoms. The number of hydrogen-bond acceptors (Lipinski definition) is 4. The first kappa shape index (κ1) is 15.8. The van der Waals surface area contributed by atoms with Crippen molar-refractivity contribution < 1.29 is 14.8 Å². The third kappa shape index (κ3) is 3.72. The van der Waals surface area contributed by atoms with Gasteiger partial charge in [0.15, 0.2) is 0 Å². The lowest BCUT2D eigenvalue weighted by atomic mass is 9.85. The second-order valence-corrected chi connectivity index (χ2v) is 6.27. The van der Waals surface area contributed by atoms with E-state index in [-0.39, 0.29) is 17.6 Å². The Hall–Kier alpha value is -1.63. The van der Waals surface area contributed by atoms with Crippen LogP contribution in [0.15, 0.2) is 16.6 Å². The zero-order valence-electron chi connectivity index (χ0n) is 11.6. The van der Waals surface area contributed by atoms with E-state index in [0.717, 1.165) is 18.5 Å². The van der Waals surface area contributed by atoms with E-state index in [4.69, 9.17) is 5.11 Å². The molecular formula is C14H17BrN2O4. The van der Waals surface area contributed by atoms with Gasteiger partial charge in [0.05, 0.1) is 10.8 Å². The number of hydrogen-bond donors (Lipinski definition) is 2. The molecule has 0 spiro atoms. The van der Waals surface area contributed by atoms with Crippen molar-refractivity contribution >= 4 is 33.3 Å². The van der Waals surface area contributed by atoms with Crippen LogP contribution in [-0.4, -0.2) is 22.0 Å². The molecule has 2 atom stereocenters. The number of anilines is 1. The van der Waals surface area contributed by atoms with E-state index in [0.29, 0.717) is 22.9 Å². The molecule has 2 rings (SSSR count). The van der Waals surface area contributed by atoms with Gasteiger partial charge in [0, 0.05) is 27.8 Å². The number of carbonyl (C=O) groups is 1. The monoisotopic (exact) mass is 356 g/mol. The highest BCUT2D eigenvalue weighted by atomic mass is 79.9. The molecule has 1 aromatic rings. The molecule has 0 radical (unpaired) electrons. The largest absolute Gasteiger partial charge is 0.481 e. The number of aliphatic carboxylic acids is 1. The van der Waals surface area contributed by atoms with Gasteiger partial charge < -0.3 is 10.4 Å². The Morgan fingerprint density at radius 1 is 1.48 bits per heavy atom. The van der Waals surface area contributed by atoms with Crippen LogP contribution in [0.3, 0.4) is 0 Å². The highest BCUT2D eigenvalue weighted by Gasteiger charge is 2.27. The summed E-state index contributed by atoms with van der Waals surface area (Å²) in [6, 6.07) is 3.29. The number of nitro groups is 1. The van der Waals surface area contributed by atoms with Crippen molar-refractivity contribution in [3.8, 4) is 0 Å². The molecule has 1 fully saturated rings. The molecule has 1 aliphatic rings. The molecule has 0 amide bonds. The maximum atomic E-state index is 11.1. The van der Waals surface area contributed by atoms with Crippen molar-refractivity contribution in [3.63, 3.8) is 0 Å². The first-order valence-corrected chi connectivity index (χ1v) is 7.61. The average Bonchev–Trinajstić information content (AvgIpc) is 2.42. The van der Waals surface area contributed by atoms with Crippen LogP contribution >= 0.6 is 15.9 Å². The molecule has 0 saturated heterocycles. The standard InChI is InChI=1S/C14H17BrN2O4/c1-8-5-12(11(15)7-13(8)17(20)21)16-10-4-2-3-9(6-10)14(18)19/h5,7,9-10,16H,2-4,6H2,1H3,(H,18,19). The summed E-state index contributed by atoms with van der Waals surface area (Å²) >= 11 is 3.34. The SMILES string of the molecule is Cc1cc(NC2CCCC(C(=O)O)C2)c(Br)cc1[N+](=O)[O-]. The Morgan fingerprint density at radius 2 is 2.19 bits per heavy atom. The third-order valence-electron chi connectivity index (χ3n) is 3.87. The molecule has 114 valence electrons. The van der Waals surface area contributed by atoms with Crippen molar-refractivity contribution in [1.29, 1.82) is 0 Å². The van der Waals surface area contributed by atoms with E-state index in [2.05, 4.69) is 21.2 Å². The predicted molar refractivity (Wildman–Crippen MR) is 82.5 cm³/mol. The average molecular weight is 357 g/mol. The number of rotatable bonds is 4. The summed E-state index contributed by atoms with van der Waals surface area (Å²) in [4.78, 5) is 21.6. The fraction of sp³-hybridized carbons (Fsp3) is 0.500. The van der Waals surface area contributed by atoms with E-state index in [1.165, 1.54) is 6.07 Å². The lowest BCUT2D eigenvalue weighted by Crippen LogP contribution is -2.31. The Kier molecular flexibility index (Phi) is 4.82. The van der Waals surface area contributed by atoms with Gasteiger partial charge in [-0.2, -0.15) is 0 Å². The van der Waals surface area contributed by atoms with Gasteiger partial charge in [-0.3, -0.25) is 14.9 Å². The van der Waals surface area contributed by atoms with Crippen LogP contribution in [0.25, 0.3) is 0 Å². The minimum absolute atomic E-state index is 0.0690. The Morgan fingerprint density at radius 3 is 2.81 bits per heavy atom. The Bertz CT molecular complexity index is 576. The first-order chi connectivity index (χ1) is 9.88. The van der Waals surface area contributed by atoms with E-state index in [9.17, 15) is 14.9 Å². The molecule has 1 aromatic carbocycles. The molecule has 0 aliphatic heterocycles. The maximum Gasteiger partial charge on any atom is 0.306 e. The number of nitro benzene ring substituents is 1. The van der Waals surface area contributed by atoms with Gasteiger partial charge in [-0.05, 0) is 48.2 Å². The van der Waals surface area contributed by atoms with E-state index >= 15 is 0 Å². The van der Waals surface area contributed by atoms with Gasteiger partial charge in [-0.15, -0.1) is 0 Å². The van der Waals surface area contributed by atoms with Crippen molar-refractivity contribution in [2.24, 2.45) is 5.92 Å².